The van der Waals surface area contributed by atoms with E-state index in [1.807, 2.05) is 13.8 Å². The maximum Gasteiger partial charge on any atom is 0.338 e. The predicted octanol–water partition coefficient (Wildman–Crippen LogP) is 2.44. The Morgan fingerprint density at radius 2 is 1.90 bits per heavy atom. The van der Waals surface area contributed by atoms with Gasteiger partial charge in [0.25, 0.3) is 5.60 Å². The molecule has 30 heavy (non-hydrogen) atoms. The van der Waals surface area contributed by atoms with Crippen LogP contribution in [0, 0.1) is 5.92 Å². The molecular formula is C23H29NO6. The normalized spacial score (nSPS) is 41.3. The summed E-state index contributed by atoms with van der Waals surface area (Å²) >= 11 is 0. The van der Waals surface area contributed by atoms with Crippen LogP contribution in [0.4, 0.5) is 0 Å². The monoisotopic (exact) mass is 415 g/mol. The van der Waals surface area contributed by atoms with Gasteiger partial charge in [0.2, 0.25) is 5.78 Å². The van der Waals surface area contributed by atoms with Crippen molar-refractivity contribution in [1.82, 2.24) is 4.90 Å². The van der Waals surface area contributed by atoms with Crippen LogP contribution in [0.1, 0.15) is 59.3 Å². The number of nitrogens with zero attached hydrogens (tertiary/aromatic N) is 1. The number of Topliss-reactive ketones (excluding diaryl/α,β-unsaturated/α-hetero) is 1. The van der Waals surface area contributed by atoms with Gasteiger partial charge in [0.15, 0.2) is 5.76 Å². The van der Waals surface area contributed by atoms with E-state index >= 15 is 0 Å². The summed E-state index contributed by atoms with van der Waals surface area (Å²) in [5, 5.41) is 0. The van der Waals surface area contributed by atoms with Gasteiger partial charge in [-0.3, -0.25) is 14.5 Å². The molecule has 7 nitrogen and oxygen atoms in total. The van der Waals surface area contributed by atoms with Crippen LogP contribution in [-0.2, 0) is 28.6 Å². The molecule has 0 aromatic rings. The highest BCUT2D eigenvalue weighted by Crippen LogP contribution is 2.62. The lowest BCUT2D eigenvalue weighted by Gasteiger charge is -2.48. The van der Waals surface area contributed by atoms with Gasteiger partial charge in [-0.1, -0.05) is 6.92 Å². The number of esters is 2. The topological polar surface area (TPSA) is 82.1 Å². The van der Waals surface area contributed by atoms with Crippen molar-refractivity contribution in [2.45, 2.75) is 82.6 Å². The van der Waals surface area contributed by atoms with Gasteiger partial charge in [0.1, 0.15) is 6.10 Å². The number of methoxy groups -OCH3 is 1. The van der Waals surface area contributed by atoms with Crippen LogP contribution in [0.3, 0.4) is 0 Å². The second-order valence-electron chi connectivity index (χ2n) is 9.39. The zero-order chi connectivity index (χ0) is 21.4. The average molecular weight is 415 g/mol. The van der Waals surface area contributed by atoms with Gasteiger partial charge in [-0.25, -0.2) is 4.79 Å². The highest BCUT2D eigenvalue weighted by Gasteiger charge is 2.76. The van der Waals surface area contributed by atoms with E-state index in [-0.39, 0.29) is 29.8 Å². The summed E-state index contributed by atoms with van der Waals surface area (Å²) in [5.74, 6) is -0.576. The molecule has 0 bridgehead atoms. The summed E-state index contributed by atoms with van der Waals surface area (Å²) in [6, 6.07) is 0.000268. The Balaban J connectivity index is 1.69. The second kappa shape index (κ2) is 6.42. The summed E-state index contributed by atoms with van der Waals surface area (Å²) in [4.78, 5) is 41.0. The van der Waals surface area contributed by atoms with E-state index in [0.717, 1.165) is 37.8 Å². The van der Waals surface area contributed by atoms with E-state index in [9.17, 15) is 14.4 Å². The Labute approximate surface area is 176 Å². The van der Waals surface area contributed by atoms with Gasteiger partial charge in [-0.05, 0) is 70.1 Å². The number of hydrogen-bond acceptors (Lipinski definition) is 7. The summed E-state index contributed by atoms with van der Waals surface area (Å²) < 4.78 is 17.5. The van der Waals surface area contributed by atoms with Crippen LogP contribution >= 0.6 is 0 Å². The molecule has 0 radical (unpaired) electrons. The molecule has 1 aliphatic carbocycles. The molecule has 5 aliphatic rings. The number of cyclic esters (lactones) is 1. The quantitative estimate of drug-likeness (QED) is 0.641. The highest BCUT2D eigenvalue weighted by atomic mass is 16.6. The SMILES string of the molecule is COC1=C(C)C(=O)O[C@]12C(=O)C(C)=C1CCCCN3[C@H]([C@@H]4C[C@H](C)C(=O)O4)CC[C@]132. The van der Waals surface area contributed by atoms with E-state index in [4.69, 9.17) is 14.2 Å². The third-order valence-electron chi connectivity index (χ3n) is 8.06. The molecule has 2 spiro atoms. The molecule has 3 saturated heterocycles. The average Bonchev–Trinajstić information content (AvgIpc) is 3.33. The predicted molar refractivity (Wildman–Crippen MR) is 106 cm³/mol. The number of carbonyl (C=O) groups is 3. The van der Waals surface area contributed by atoms with Crippen molar-refractivity contribution < 1.29 is 28.6 Å². The van der Waals surface area contributed by atoms with Crippen molar-refractivity contribution >= 4 is 17.7 Å². The van der Waals surface area contributed by atoms with E-state index in [0.29, 0.717) is 29.7 Å². The number of rotatable bonds is 2. The Hall–Kier alpha value is -2.15. The van der Waals surface area contributed by atoms with Gasteiger partial charge in [0, 0.05) is 6.04 Å². The zero-order valence-corrected chi connectivity index (χ0v) is 18.1. The number of ketones is 1. The molecule has 0 aromatic carbocycles. The standard InChI is InChI=1S/C23H29NO6/c1-12-11-17(29-20(12)26)16-8-9-22-15(7-5-6-10-24(16)22)13(2)18(25)23(22)19(28-4)14(3)21(27)30-23/h12,16-17H,5-11H2,1-4H3/t12-,16-,17-,22+,23+/m0/s1. The number of ether oxygens (including phenoxy) is 3. The van der Waals surface area contributed by atoms with Crippen molar-refractivity contribution in [2.24, 2.45) is 5.92 Å². The van der Waals surface area contributed by atoms with E-state index in [1.54, 1.807) is 6.92 Å². The third kappa shape index (κ3) is 2.12. The minimum absolute atomic E-state index is 0.000268. The van der Waals surface area contributed by atoms with Crippen LogP contribution in [0.5, 0.6) is 0 Å². The molecule has 0 amide bonds. The summed E-state index contributed by atoms with van der Waals surface area (Å²) in [6.45, 7) is 6.20. The second-order valence-corrected chi connectivity index (χ2v) is 9.39. The number of carbonyl (C=O) groups excluding carboxylic acids is 3. The van der Waals surface area contributed by atoms with E-state index in [2.05, 4.69) is 4.90 Å². The molecule has 0 N–H and O–H groups in total. The van der Waals surface area contributed by atoms with Gasteiger partial charge in [-0.2, -0.15) is 0 Å². The van der Waals surface area contributed by atoms with Crippen molar-refractivity contribution in [2.75, 3.05) is 13.7 Å². The fourth-order valence-electron chi connectivity index (χ4n) is 6.81. The lowest BCUT2D eigenvalue weighted by Crippen LogP contribution is -2.66. The summed E-state index contributed by atoms with van der Waals surface area (Å²) in [7, 11) is 1.51. The molecule has 5 rings (SSSR count). The largest absolute Gasteiger partial charge is 0.496 e. The Kier molecular flexibility index (Phi) is 4.24. The summed E-state index contributed by atoms with van der Waals surface area (Å²) in [6.07, 6.45) is 4.69. The van der Waals surface area contributed by atoms with Crippen molar-refractivity contribution in [3.05, 3.63) is 22.5 Å². The lowest BCUT2D eigenvalue weighted by atomic mass is 9.73. The smallest absolute Gasteiger partial charge is 0.338 e. The molecular weight excluding hydrogens is 386 g/mol. The van der Waals surface area contributed by atoms with Crippen LogP contribution < -0.4 is 0 Å². The van der Waals surface area contributed by atoms with Gasteiger partial charge >= 0.3 is 11.9 Å². The molecule has 5 atom stereocenters. The maximum absolute atomic E-state index is 13.8. The minimum atomic E-state index is -1.46. The third-order valence-corrected chi connectivity index (χ3v) is 8.06. The van der Waals surface area contributed by atoms with E-state index in [1.165, 1.54) is 7.11 Å². The minimum Gasteiger partial charge on any atom is -0.496 e. The fourth-order valence-corrected chi connectivity index (χ4v) is 6.81. The first-order valence-corrected chi connectivity index (χ1v) is 11.0. The molecule has 0 aromatic heterocycles. The molecule has 4 aliphatic heterocycles. The van der Waals surface area contributed by atoms with Crippen molar-refractivity contribution in [3.63, 3.8) is 0 Å². The highest BCUT2D eigenvalue weighted by molar-refractivity contribution is 6.14. The van der Waals surface area contributed by atoms with Crippen LogP contribution in [0.2, 0.25) is 0 Å². The van der Waals surface area contributed by atoms with Gasteiger partial charge < -0.3 is 14.2 Å². The van der Waals surface area contributed by atoms with Crippen molar-refractivity contribution in [1.29, 1.82) is 0 Å². The first kappa shape index (κ1) is 19.8. The maximum atomic E-state index is 13.8. The molecule has 0 unspecified atom stereocenters. The van der Waals surface area contributed by atoms with Gasteiger partial charge in [-0.15, -0.1) is 0 Å². The van der Waals surface area contributed by atoms with Crippen LogP contribution in [0.25, 0.3) is 0 Å². The zero-order valence-electron chi connectivity index (χ0n) is 18.1. The fraction of sp³-hybridized carbons (Fsp3) is 0.696. The Morgan fingerprint density at radius 3 is 2.57 bits per heavy atom. The number of hydrogen-bond donors (Lipinski definition) is 0. The molecule has 7 heteroatoms. The molecule has 0 saturated carbocycles. The summed E-state index contributed by atoms with van der Waals surface area (Å²) in [5.41, 5.74) is -0.0942. The molecule has 3 fully saturated rings. The van der Waals surface area contributed by atoms with Crippen molar-refractivity contribution in [3.8, 4) is 0 Å². The molecule has 4 heterocycles. The first-order chi connectivity index (χ1) is 14.3. The van der Waals surface area contributed by atoms with Crippen LogP contribution in [-0.4, -0.2) is 59.6 Å². The Morgan fingerprint density at radius 1 is 1.13 bits per heavy atom. The first-order valence-electron chi connectivity index (χ1n) is 11.0. The van der Waals surface area contributed by atoms with Crippen LogP contribution in [0.15, 0.2) is 22.5 Å². The van der Waals surface area contributed by atoms with Gasteiger partial charge in [0.05, 0.1) is 24.1 Å². The molecule has 162 valence electrons. The lowest BCUT2D eigenvalue weighted by molar-refractivity contribution is -0.168. The van der Waals surface area contributed by atoms with E-state index < -0.39 is 17.1 Å². The Bertz CT molecular complexity index is 919.